The van der Waals surface area contributed by atoms with E-state index in [0.717, 1.165) is 32.5 Å². The predicted octanol–water partition coefficient (Wildman–Crippen LogP) is 1.90. The highest BCUT2D eigenvalue weighted by Crippen LogP contribution is 2.35. The van der Waals surface area contributed by atoms with E-state index in [1.165, 1.54) is 19.4 Å². The summed E-state index contributed by atoms with van der Waals surface area (Å²) in [6, 6.07) is 0.631. The molecule has 2 fully saturated rings. The lowest BCUT2D eigenvalue weighted by Crippen LogP contribution is -2.52. The molecule has 0 radical (unpaired) electrons. The molecule has 0 aromatic heterocycles. The standard InChI is InChI=1S/C15H28N2O2/c1-15(2,14(18)19)12-6-4-9-17(10-12)13-7-5-8-16(3)11-13/h12-13H,4-11H2,1-3H3,(H,18,19). The number of likely N-dealkylation sites (N-methyl/N-ethyl adjacent to an activating group) is 1. The number of hydrogen-bond donors (Lipinski definition) is 1. The van der Waals surface area contributed by atoms with Crippen molar-refractivity contribution < 1.29 is 9.90 Å². The molecule has 0 aliphatic carbocycles. The van der Waals surface area contributed by atoms with Crippen LogP contribution < -0.4 is 0 Å². The number of likely N-dealkylation sites (tertiary alicyclic amines) is 2. The van der Waals surface area contributed by atoms with Crippen molar-refractivity contribution >= 4 is 5.97 Å². The molecule has 0 spiro atoms. The van der Waals surface area contributed by atoms with Crippen molar-refractivity contribution in [1.82, 2.24) is 9.80 Å². The second kappa shape index (κ2) is 5.80. The van der Waals surface area contributed by atoms with Crippen molar-refractivity contribution in [1.29, 1.82) is 0 Å². The monoisotopic (exact) mass is 268 g/mol. The number of rotatable bonds is 3. The van der Waals surface area contributed by atoms with Crippen LogP contribution in [0.4, 0.5) is 0 Å². The van der Waals surface area contributed by atoms with Crippen LogP contribution in [0.5, 0.6) is 0 Å². The van der Waals surface area contributed by atoms with E-state index in [4.69, 9.17) is 0 Å². The average molecular weight is 268 g/mol. The van der Waals surface area contributed by atoms with Crippen molar-refractivity contribution in [2.45, 2.75) is 45.6 Å². The maximum absolute atomic E-state index is 11.4. The summed E-state index contributed by atoms with van der Waals surface area (Å²) >= 11 is 0. The maximum atomic E-state index is 11.4. The summed E-state index contributed by atoms with van der Waals surface area (Å²) in [5, 5.41) is 9.41. The smallest absolute Gasteiger partial charge is 0.309 e. The van der Waals surface area contributed by atoms with Crippen LogP contribution in [-0.2, 0) is 4.79 Å². The van der Waals surface area contributed by atoms with Gasteiger partial charge in [0.25, 0.3) is 0 Å². The first kappa shape index (κ1) is 14.8. The molecule has 4 nitrogen and oxygen atoms in total. The molecule has 110 valence electrons. The number of hydrogen-bond acceptors (Lipinski definition) is 3. The Morgan fingerprint density at radius 2 is 1.84 bits per heavy atom. The highest BCUT2D eigenvalue weighted by Gasteiger charge is 2.40. The SMILES string of the molecule is CN1CCCC(N2CCCC(C(C)(C)C(=O)O)C2)C1. The predicted molar refractivity (Wildman–Crippen MR) is 76.2 cm³/mol. The Hall–Kier alpha value is -0.610. The van der Waals surface area contributed by atoms with Crippen LogP contribution in [0.25, 0.3) is 0 Å². The maximum Gasteiger partial charge on any atom is 0.309 e. The summed E-state index contributed by atoms with van der Waals surface area (Å²) in [5.74, 6) is -0.369. The zero-order valence-corrected chi connectivity index (χ0v) is 12.6. The van der Waals surface area contributed by atoms with Crippen LogP contribution in [0.3, 0.4) is 0 Å². The minimum absolute atomic E-state index is 0.283. The number of piperidine rings is 2. The molecule has 2 aliphatic heterocycles. The van der Waals surface area contributed by atoms with Gasteiger partial charge in [-0.3, -0.25) is 9.69 Å². The van der Waals surface area contributed by atoms with Gasteiger partial charge in [-0.15, -0.1) is 0 Å². The van der Waals surface area contributed by atoms with Crippen molar-refractivity contribution in [3.63, 3.8) is 0 Å². The number of carboxylic acids is 1. The van der Waals surface area contributed by atoms with E-state index in [0.29, 0.717) is 6.04 Å². The van der Waals surface area contributed by atoms with Gasteiger partial charge < -0.3 is 10.0 Å². The van der Waals surface area contributed by atoms with Gasteiger partial charge in [0.1, 0.15) is 0 Å². The van der Waals surface area contributed by atoms with Crippen LogP contribution in [0.1, 0.15) is 39.5 Å². The topological polar surface area (TPSA) is 43.8 Å². The van der Waals surface area contributed by atoms with Crippen LogP contribution in [0, 0.1) is 11.3 Å². The molecule has 0 saturated carbocycles. The third-order valence-corrected chi connectivity index (χ3v) is 5.14. The lowest BCUT2D eigenvalue weighted by Gasteiger charge is -2.45. The molecule has 0 bridgehead atoms. The Balaban J connectivity index is 1.99. The number of nitrogens with zero attached hydrogens (tertiary/aromatic N) is 2. The van der Waals surface area contributed by atoms with Gasteiger partial charge in [-0.25, -0.2) is 0 Å². The molecule has 0 aromatic rings. The number of carboxylic acid groups (broad SMARTS) is 1. The molecular weight excluding hydrogens is 240 g/mol. The summed E-state index contributed by atoms with van der Waals surface area (Å²) in [6.45, 7) is 8.21. The Labute approximate surface area is 116 Å². The van der Waals surface area contributed by atoms with E-state index < -0.39 is 11.4 Å². The molecule has 2 aliphatic rings. The molecule has 4 heteroatoms. The van der Waals surface area contributed by atoms with E-state index in [1.807, 2.05) is 13.8 Å². The van der Waals surface area contributed by atoms with Crippen LogP contribution >= 0.6 is 0 Å². The molecule has 0 aromatic carbocycles. The van der Waals surface area contributed by atoms with Gasteiger partial charge in [0.2, 0.25) is 0 Å². The van der Waals surface area contributed by atoms with Crippen molar-refractivity contribution in [2.75, 3.05) is 33.2 Å². The van der Waals surface area contributed by atoms with E-state index in [2.05, 4.69) is 16.8 Å². The molecule has 1 N–H and O–H groups in total. The molecule has 0 amide bonds. The largest absolute Gasteiger partial charge is 0.481 e. The summed E-state index contributed by atoms with van der Waals surface area (Å²) in [5.41, 5.74) is -0.598. The van der Waals surface area contributed by atoms with Crippen LogP contribution in [-0.4, -0.2) is 60.1 Å². The van der Waals surface area contributed by atoms with Crippen molar-refractivity contribution in [3.05, 3.63) is 0 Å². The third-order valence-electron chi connectivity index (χ3n) is 5.14. The summed E-state index contributed by atoms with van der Waals surface area (Å²) in [7, 11) is 2.19. The molecule has 2 heterocycles. The summed E-state index contributed by atoms with van der Waals surface area (Å²) < 4.78 is 0. The molecule has 2 saturated heterocycles. The van der Waals surface area contributed by atoms with Gasteiger partial charge in [0.15, 0.2) is 0 Å². The fourth-order valence-electron chi connectivity index (χ4n) is 3.54. The number of aliphatic carboxylic acids is 1. The minimum Gasteiger partial charge on any atom is -0.481 e. The summed E-state index contributed by atoms with van der Waals surface area (Å²) in [4.78, 5) is 16.4. The van der Waals surface area contributed by atoms with Crippen molar-refractivity contribution in [2.24, 2.45) is 11.3 Å². The van der Waals surface area contributed by atoms with Gasteiger partial charge in [-0.2, -0.15) is 0 Å². The van der Waals surface area contributed by atoms with Gasteiger partial charge in [0.05, 0.1) is 5.41 Å². The molecule has 2 rings (SSSR count). The van der Waals surface area contributed by atoms with E-state index in [9.17, 15) is 9.90 Å². The zero-order valence-electron chi connectivity index (χ0n) is 12.6. The summed E-state index contributed by atoms with van der Waals surface area (Å²) in [6.07, 6.45) is 4.73. The first-order valence-electron chi connectivity index (χ1n) is 7.57. The Kier molecular flexibility index (Phi) is 4.51. The Bertz CT molecular complexity index is 330. The quantitative estimate of drug-likeness (QED) is 0.849. The Morgan fingerprint density at radius 1 is 1.16 bits per heavy atom. The Morgan fingerprint density at radius 3 is 2.47 bits per heavy atom. The van der Waals surface area contributed by atoms with Gasteiger partial charge in [-0.1, -0.05) is 0 Å². The lowest BCUT2D eigenvalue weighted by molar-refractivity contribution is -0.151. The van der Waals surface area contributed by atoms with Gasteiger partial charge in [0, 0.05) is 19.1 Å². The molecular formula is C15H28N2O2. The fourth-order valence-corrected chi connectivity index (χ4v) is 3.54. The molecule has 19 heavy (non-hydrogen) atoms. The average Bonchev–Trinajstić information content (AvgIpc) is 2.38. The molecule has 2 unspecified atom stereocenters. The minimum atomic E-state index is -0.653. The van der Waals surface area contributed by atoms with E-state index in [1.54, 1.807) is 0 Å². The first-order chi connectivity index (χ1) is 8.91. The van der Waals surface area contributed by atoms with E-state index >= 15 is 0 Å². The number of carbonyl (C=O) groups is 1. The van der Waals surface area contributed by atoms with Crippen molar-refractivity contribution in [3.8, 4) is 0 Å². The normalized spacial score (nSPS) is 31.3. The van der Waals surface area contributed by atoms with Gasteiger partial charge >= 0.3 is 5.97 Å². The zero-order chi connectivity index (χ0) is 14.0. The van der Waals surface area contributed by atoms with E-state index in [-0.39, 0.29) is 5.92 Å². The van der Waals surface area contributed by atoms with Crippen LogP contribution in [0.2, 0.25) is 0 Å². The second-order valence-corrected chi connectivity index (χ2v) is 6.92. The highest BCUT2D eigenvalue weighted by molar-refractivity contribution is 5.74. The van der Waals surface area contributed by atoms with Crippen LogP contribution in [0.15, 0.2) is 0 Å². The third kappa shape index (κ3) is 3.29. The first-order valence-corrected chi connectivity index (χ1v) is 7.57. The second-order valence-electron chi connectivity index (χ2n) is 6.92. The highest BCUT2D eigenvalue weighted by atomic mass is 16.4. The lowest BCUT2D eigenvalue weighted by atomic mass is 9.74. The molecule has 2 atom stereocenters. The fraction of sp³-hybridized carbons (Fsp3) is 0.933. The van der Waals surface area contributed by atoms with Gasteiger partial charge in [-0.05, 0) is 65.6 Å².